The molecule has 0 spiro atoms. The Hall–Kier alpha value is -1.26. The third kappa shape index (κ3) is 3.15. The molecule has 0 saturated heterocycles. The lowest BCUT2D eigenvalue weighted by Crippen LogP contribution is -2.14. The van der Waals surface area contributed by atoms with Crippen LogP contribution in [-0.4, -0.2) is 16.5 Å². The molecule has 1 aromatic heterocycles. The van der Waals surface area contributed by atoms with Crippen molar-refractivity contribution in [2.24, 2.45) is 0 Å². The molecule has 0 saturated carbocycles. The van der Waals surface area contributed by atoms with Gasteiger partial charge in [-0.25, -0.2) is 9.97 Å². The molecule has 0 bridgehead atoms. The number of rotatable bonds is 4. The van der Waals surface area contributed by atoms with Crippen LogP contribution in [0.15, 0.2) is 34.9 Å². The van der Waals surface area contributed by atoms with E-state index in [1.165, 1.54) is 5.56 Å². The number of aryl methyl sites for hydroxylation is 1. The normalized spacial score (nSPS) is 10.6. The molecule has 18 heavy (non-hydrogen) atoms. The summed E-state index contributed by atoms with van der Waals surface area (Å²) in [6.45, 7) is 5.79. The highest BCUT2D eigenvalue weighted by molar-refractivity contribution is 9.10. The van der Waals surface area contributed by atoms with Gasteiger partial charge in [0.05, 0.1) is 12.2 Å². The summed E-state index contributed by atoms with van der Waals surface area (Å²) in [6, 6.07) is 8.17. The molecule has 0 unspecified atom stereocenters. The van der Waals surface area contributed by atoms with E-state index >= 15 is 0 Å². The zero-order chi connectivity index (χ0) is 13.0. The lowest BCUT2D eigenvalue weighted by Gasteiger charge is -2.07. The molecule has 0 radical (unpaired) electrons. The second kappa shape index (κ2) is 6.07. The highest BCUT2D eigenvalue weighted by Crippen LogP contribution is 2.25. The van der Waals surface area contributed by atoms with Crippen LogP contribution in [0, 0.1) is 6.92 Å². The van der Waals surface area contributed by atoms with Gasteiger partial charge in [-0.1, -0.05) is 28.9 Å². The standard InChI is InChI=1S/C14H16BrN3/c1-3-16-9-14-17-7-6-13(18-14)12-8-11(15)5-4-10(12)2/h4-8,16H,3,9H2,1-2H3. The lowest BCUT2D eigenvalue weighted by atomic mass is 10.1. The van der Waals surface area contributed by atoms with E-state index in [9.17, 15) is 0 Å². The van der Waals surface area contributed by atoms with E-state index in [0.29, 0.717) is 6.54 Å². The van der Waals surface area contributed by atoms with Crippen molar-refractivity contribution in [3.05, 3.63) is 46.3 Å². The van der Waals surface area contributed by atoms with Crippen LogP contribution in [0.2, 0.25) is 0 Å². The zero-order valence-electron chi connectivity index (χ0n) is 10.6. The molecule has 0 aliphatic rings. The molecule has 0 aliphatic heterocycles. The van der Waals surface area contributed by atoms with Crippen molar-refractivity contribution in [1.82, 2.24) is 15.3 Å². The van der Waals surface area contributed by atoms with Crippen molar-refractivity contribution in [2.45, 2.75) is 20.4 Å². The second-order valence-corrected chi connectivity index (χ2v) is 5.01. The molecule has 2 aromatic rings. The van der Waals surface area contributed by atoms with Crippen LogP contribution >= 0.6 is 15.9 Å². The molecular weight excluding hydrogens is 290 g/mol. The summed E-state index contributed by atoms with van der Waals surface area (Å²) in [7, 11) is 0. The van der Waals surface area contributed by atoms with Crippen LogP contribution in [0.1, 0.15) is 18.3 Å². The average Bonchev–Trinajstić information content (AvgIpc) is 2.39. The molecule has 0 amide bonds. The van der Waals surface area contributed by atoms with Crippen molar-refractivity contribution in [1.29, 1.82) is 0 Å². The minimum absolute atomic E-state index is 0.706. The molecule has 1 aromatic carbocycles. The Morgan fingerprint density at radius 1 is 1.28 bits per heavy atom. The fourth-order valence-electron chi connectivity index (χ4n) is 1.74. The maximum Gasteiger partial charge on any atom is 0.142 e. The molecule has 1 heterocycles. The van der Waals surface area contributed by atoms with Crippen LogP contribution in [0.5, 0.6) is 0 Å². The molecule has 94 valence electrons. The Bertz CT molecular complexity index is 540. The van der Waals surface area contributed by atoms with Crippen molar-refractivity contribution < 1.29 is 0 Å². The maximum atomic E-state index is 4.59. The Balaban J connectivity index is 2.35. The van der Waals surface area contributed by atoms with E-state index < -0.39 is 0 Å². The summed E-state index contributed by atoms with van der Waals surface area (Å²) in [5.41, 5.74) is 3.33. The summed E-state index contributed by atoms with van der Waals surface area (Å²) < 4.78 is 1.06. The topological polar surface area (TPSA) is 37.8 Å². The van der Waals surface area contributed by atoms with Gasteiger partial charge in [0.25, 0.3) is 0 Å². The van der Waals surface area contributed by atoms with Gasteiger partial charge in [-0.05, 0) is 37.2 Å². The second-order valence-electron chi connectivity index (χ2n) is 4.10. The molecule has 2 rings (SSSR count). The van der Waals surface area contributed by atoms with E-state index in [-0.39, 0.29) is 0 Å². The van der Waals surface area contributed by atoms with Crippen LogP contribution < -0.4 is 5.32 Å². The van der Waals surface area contributed by atoms with Gasteiger partial charge >= 0.3 is 0 Å². The van der Waals surface area contributed by atoms with Gasteiger partial charge in [-0.3, -0.25) is 0 Å². The number of aromatic nitrogens is 2. The van der Waals surface area contributed by atoms with Gasteiger partial charge in [0.15, 0.2) is 0 Å². The minimum atomic E-state index is 0.706. The van der Waals surface area contributed by atoms with Crippen LogP contribution in [0.3, 0.4) is 0 Å². The van der Waals surface area contributed by atoms with Crippen molar-refractivity contribution in [3.63, 3.8) is 0 Å². The number of benzene rings is 1. The van der Waals surface area contributed by atoms with E-state index in [2.05, 4.69) is 57.2 Å². The number of halogens is 1. The number of nitrogens with zero attached hydrogens (tertiary/aromatic N) is 2. The first kappa shape index (κ1) is 13.2. The molecule has 0 fully saturated rings. The monoisotopic (exact) mass is 305 g/mol. The first-order chi connectivity index (χ1) is 8.70. The molecule has 4 heteroatoms. The molecule has 3 nitrogen and oxygen atoms in total. The van der Waals surface area contributed by atoms with E-state index in [0.717, 1.165) is 28.1 Å². The van der Waals surface area contributed by atoms with Gasteiger partial charge in [0.2, 0.25) is 0 Å². The first-order valence-corrected chi connectivity index (χ1v) is 6.79. The van der Waals surface area contributed by atoms with Gasteiger partial charge in [-0.2, -0.15) is 0 Å². The minimum Gasteiger partial charge on any atom is -0.310 e. The molecule has 0 atom stereocenters. The largest absolute Gasteiger partial charge is 0.310 e. The van der Waals surface area contributed by atoms with Crippen molar-refractivity contribution in [3.8, 4) is 11.3 Å². The highest BCUT2D eigenvalue weighted by Gasteiger charge is 2.05. The summed E-state index contributed by atoms with van der Waals surface area (Å²) in [4.78, 5) is 8.86. The SMILES string of the molecule is CCNCc1nccc(-c2cc(Br)ccc2C)n1. The summed E-state index contributed by atoms with van der Waals surface area (Å²) in [5, 5.41) is 3.23. The number of nitrogens with one attached hydrogen (secondary N) is 1. The zero-order valence-corrected chi connectivity index (χ0v) is 12.2. The van der Waals surface area contributed by atoms with Crippen molar-refractivity contribution in [2.75, 3.05) is 6.54 Å². The van der Waals surface area contributed by atoms with Crippen molar-refractivity contribution >= 4 is 15.9 Å². The quantitative estimate of drug-likeness (QED) is 0.941. The summed E-state index contributed by atoms with van der Waals surface area (Å²) in [5.74, 6) is 0.828. The molecule has 1 N–H and O–H groups in total. The average molecular weight is 306 g/mol. The van der Waals surface area contributed by atoms with E-state index in [1.807, 2.05) is 18.3 Å². The van der Waals surface area contributed by atoms with Crippen LogP contribution in [0.4, 0.5) is 0 Å². The van der Waals surface area contributed by atoms with Crippen LogP contribution in [0.25, 0.3) is 11.3 Å². The Morgan fingerprint density at radius 3 is 2.89 bits per heavy atom. The first-order valence-electron chi connectivity index (χ1n) is 6.00. The Morgan fingerprint density at radius 2 is 2.11 bits per heavy atom. The van der Waals surface area contributed by atoms with Gasteiger partial charge in [0, 0.05) is 16.2 Å². The third-order valence-electron chi connectivity index (χ3n) is 2.71. The Kier molecular flexibility index (Phi) is 4.44. The fourth-order valence-corrected chi connectivity index (χ4v) is 2.10. The molecular formula is C14H16BrN3. The van der Waals surface area contributed by atoms with Gasteiger partial charge in [0.1, 0.15) is 5.82 Å². The highest BCUT2D eigenvalue weighted by atomic mass is 79.9. The number of hydrogen-bond acceptors (Lipinski definition) is 3. The summed E-state index contributed by atoms with van der Waals surface area (Å²) in [6.07, 6.45) is 1.81. The van der Waals surface area contributed by atoms with E-state index in [4.69, 9.17) is 0 Å². The lowest BCUT2D eigenvalue weighted by molar-refractivity contribution is 0.691. The number of hydrogen-bond donors (Lipinski definition) is 1. The van der Waals surface area contributed by atoms with E-state index in [1.54, 1.807) is 0 Å². The van der Waals surface area contributed by atoms with Crippen LogP contribution in [-0.2, 0) is 6.54 Å². The predicted octanol–water partition coefficient (Wildman–Crippen LogP) is 3.32. The third-order valence-corrected chi connectivity index (χ3v) is 3.21. The predicted molar refractivity (Wildman–Crippen MR) is 77.3 cm³/mol. The fraction of sp³-hybridized carbons (Fsp3) is 0.286. The van der Waals surface area contributed by atoms with Gasteiger partial charge in [-0.15, -0.1) is 0 Å². The molecule has 0 aliphatic carbocycles. The Labute approximate surface area is 116 Å². The smallest absolute Gasteiger partial charge is 0.142 e. The maximum absolute atomic E-state index is 4.59. The summed E-state index contributed by atoms with van der Waals surface area (Å²) >= 11 is 3.50. The van der Waals surface area contributed by atoms with Gasteiger partial charge < -0.3 is 5.32 Å².